The van der Waals surface area contributed by atoms with Crippen LogP contribution in [0.1, 0.15) is 36.0 Å². The largest absolute Gasteiger partial charge is 0.383 e. The van der Waals surface area contributed by atoms with Gasteiger partial charge in [0.05, 0.1) is 21.3 Å². The zero-order chi connectivity index (χ0) is 24.5. The van der Waals surface area contributed by atoms with Crippen LogP contribution in [0.15, 0.2) is 41.3 Å². The van der Waals surface area contributed by atoms with Gasteiger partial charge in [0.1, 0.15) is 10.4 Å². The lowest BCUT2D eigenvalue weighted by atomic mass is 10.1. The lowest BCUT2D eigenvalue weighted by molar-refractivity contribution is 0.0950. The predicted molar refractivity (Wildman–Crippen MR) is 147 cm³/mol. The fourth-order valence-corrected chi connectivity index (χ4v) is 6.73. The van der Waals surface area contributed by atoms with Crippen LogP contribution in [0.3, 0.4) is 0 Å². The normalized spacial score (nSPS) is 17.0. The second-order valence-corrected chi connectivity index (χ2v) is 10.8. The molecule has 6 rings (SSSR count). The SMILES string of the molecule is O=C(NCCN1CCCC1)c1c(=O)c2c(NCCN3CCCC3)ccnc2n2c1sc1ccccc12. The first kappa shape index (κ1) is 23.4. The Kier molecular flexibility index (Phi) is 6.60. The summed E-state index contributed by atoms with van der Waals surface area (Å²) in [6, 6.07) is 9.85. The van der Waals surface area contributed by atoms with Crippen molar-refractivity contribution < 1.29 is 4.79 Å². The molecule has 0 radical (unpaired) electrons. The number of hydrogen-bond donors (Lipinski definition) is 2. The highest BCUT2D eigenvalue weighted by molar-refractivity contribution is 7.24. The summed E-state index contributed by atoms with van der Waals surface area (Å²) in [7, 11) is 0. The molecule has 2 aliphatic heterocycles. The van der Waals surface area contributed by atoms with E-state index in [0.717, 1.165) is 61.7 Å². The summed E-state index contributed by atoms with van der Waals surface area (Å²) < 4.78 is 3.00. The molecule has 3 aromatic heterocycles. The molecule has 2 fully saturated rings. The molecule has 2 saturated heterocycles. The summed E-state index contributed by atoms with van der Waals surface area (Å²) in [6.45, 7) is 7.42. The zero-order valence-electron chi connectivity index (χ0n) is 20.5. The van der Waals surface area contributed by atoms with E-state index in [-0.39, 0.29) is 16.9 Å². The maximum Gasteiger partial charge on any atom is 0.258 e. The molecule has 4 aromatic rings. The number of pyridine rings is 2. The Bertz CT molecular complexity index is 1470. The molecule has 2 N–H and O–H groups in total. The number of carbonyl (C=O) groups excluding carboxylic acids is 1. The minimum atomic E-state index is -0.308. The monoisotopic (exact) mass is 504 g/mol. The Labute approximate surface area is 213 Å². The van der Waals surface area contributed by atoms with Gasteiger partial charge < -0.3 is 20.4 Å². The number of rotatable bonds is 8. The molecule has 0 unspecified atom stereocenters. The zero-order valence-corrected chi connectivity index (χ0v) is 21.3. The van der Waals surface area contributed by atoms with Gasteiger partial charge >= 0.3 is 0 Å². The predicted octanol–water partition coefficient (Wildman–Crippen LogP) is 3.40. The van der Waals surface area contributed by atoms with Gasteiger partial charge in [-0.2, -0.15) is 0 Å². The van der Waals surface area contributed by atoms with Crippen molar-refractivity contribution in [1.82, 2.24) is 24.5 Å². The van der Waals surface area contributed by atoms with E-state index < -0.39 is 0 Å². The minimum Gasteiger partial charge on any atom is -0.383 e. The van der Waals surface area contributed by atoms with Gasteiger partial charge in [0.2, 0.25) is 5.43 Å². The van der Waals surface area contributed by atoms with Crippen molar-refractivity contribution in [2.45, 2.75) is 25.7 Å². The third-order valence-electron chi connectivity index (χ3n) is 7.41. The van der Waals surface area contributed by atoms with Gasteiger partial charge in [0, 0.05) is 32.4 Å². The molecular weight excluding hydrogens is 472 g/mol. The molecule has 5 heterocycles. The van der Waals surface area contributed by atoms with Crippen LogP contribution in [0, 0.1) is 0 Å². The van der Waals surface area contributed by atoms with E-state index in [1.54, 1.807) is 6.20 Å². The van der Waals surface area contributed by atoms with Gasteiger partial charge in [-0.3, -0.25) is 14.0 Å². The summed E-state index contributed by atoms with van der Waals surface area (Å²) in [5.74, 6) is -0.308. The summed E-state index contributed by atoms with van der Waals surface area (Å²) >= 11 is 1.47. The Morgan fingerprint density at radius 1 is 0.944 bits per heavy atom. The Morgan fingerprint density at radius 2 is 1.64 bits per heavy atom. The molecule has 0 bridgehead atoms. The molecule has 1 amide bonds. The van der Waals surface area contributed by atoms with Crippen molar-refractivity contribution in [3.8, 4) is 0 Å². The highest BCUT2D eigenvalue weighted by atomic mass is 32.1. The number of aromatic nitrogens is 2. The van der Waals surface area contributed by atoms with Crippen LogP contribution < -0.4 is 16.1 Å². The second-order valence-electron chi connectivity index (χ2n) is 9.75. The van der Waals surface area contributed by atoms with Gasteiger partial charge in [-0.05, 0) is 70.1 Å². The van der Waals surface area contributed by atoms with E-state index in [1.807, 2.05) is 34.7 Å². The summed E-state index contributed by atoms with van der Waals surface area (Å²) in [6.07, 6.45) is 6.67. The van der Waals surface area contributed by atoms with Crippen molar-refractivity contribution in [3.05, 3.63) is 52.3 Å². The maximum atomic E-state index is 14.0. The molecule has 0 saturated carbocycles. The third kappa shape index (κ3) is 4.36. The van der Waals surface area contributed by atoms with Crippen molar-refractivity contribution in [2.75, 3.05) is 57.7 Å². The van der Waals surface area contributed by atoms with Gasteiger partial charge in [0.15, 0.2) is 5.65 Å². The first-order valence-corrected chi connectivity index (χ1v) is 13.8. The van der Waals surface area contributed by atoms with E-state index in [2.05, 4.69) is 25.4 Å². The Hall–Kier alpha value is -3.01. The number of anilines is 1. The van der Waals surface area contributed by atoms with E-state index in [4.69, 9.17) is 0 Å². The number of likely N-dealkylation sites (tertiary alicyclic amines) is 2. The standard InChI is InChI=1S/C27H32N6O2S/c34-24-22-19(28-11-17-31-13-3-4-14-31)9-10-29-25(22)33-20-7-1-2-8-21(20)36-27(33)23(24)26(35)30-12-18-32-15-5-6-16-32/h1-2,7-10H,3-6,11-18H2,(H,28,29)(H,30,35). The first-order valence-electron chi connectivity index (χ1n) is 13.0. The summed E-state index contributed by atoms with van der Waals surface area (Å²) in [5, 5.41) is 6.99. The number of nitrogens with one attached hydrogen (secondary N) is 2. The van der Waals surface area contributed by atoms with Crippen LogP contribution in [-0.4, -0.2) is 77.4 Å². The van der Waals surface area contributed by atoms with Crippen molar-refractivity contribution in [1.29, 1.82) is 0 Å². The molecule has 2 aliphatic rings. The highest BCUT2D eigenvalue weighted by Crippen LogP contribution is 2.32. The summed E-state index contributed by atoms with van der Waals surface area (Å²) in [5.41, 5.74) is 2.23. The molecule has 8 nitrogen and oxygen atoms in total. The van der Waals surface area contributed by atoms with E-state index >= 15 is 0 Å². The minimum absolute atomic E-state index is 0.209. The van der Waals surface area contributed by atoms with Gasteiger partial charge in [-0.1, -0.05) is 12.1 Å². The smallest absolute Gasteiger partial charge is 0.258 e. The third-order valence-corrected chi connectivity index (χ3v) is 8.55. The van der Waals surface area contributed by atoms with Crippen LogP contribution in [0.5, 0.6) is 0 Å². The van der Waals surface area contributed by atoms with Crippen LogP contribution in [0.25, 0.3) is 26.1 Å². The fourth-order valence-electron chi connectivity index (χ4n) is 5.55. The molecule has 9 heteroatoms. The number of amides is 1. The number of fused-ring (bicyclic) bond motifs is 5. The number of carbonyl (C=O) groups is 1. The number of para-hydroxylation sites is 1. The van der Waals surface area contributed by atoms with Crippen molar-refractivity contribution >= 4 is 49.0 Å². The molecule has 0 aliphatic carbocycles. The molecule has 1 aromatic carbocycles. The first-order chi connectivity index (χ1) is 17.7. The molecule has 36 heavy (non-hydrogen) atoms. The van der Waals surface area contributed by atoms with E-state index in [0.29, 0.717) is 22.4 Å². The van der Waals surface area contributed by atoms with Crippen LogP contribution in [-0.2, 0) is 0 Å². The fraction of sp³-hybridized carbons (Fsp3) is 0.444. The van der Waals surface area contributed by atoms with Crippen LogP contribution in [0.2, 0.25) is 0 Å². The van der Waals surface area contributed by atoms with Crippen LogP contribution in [0.4, 0.5) is 5.69 Å². The second kappa shape index (κ2) is 10.2. The van der Waals surface area contributed by atoms with Gasteiger partial charge in [-0.25, -0.2) is 4.98 Å². The molecule has 188 valence electrons. The topological polar surface area (TPSA) is 82.0 Å². The molecule has 0 spiro atoms. The van der Waals surface area contributed by atoms with Crippen LogP contribution >= 0.6 is 11.3 Å². The number of hydrogen-bond acceptors (Lipinski definition) is 7. The number of nitrogens with zero attached hydrogens (tertiary/aromatic N) is 4. The van der Waals surface area contributed by atoms with Gasteiger partial charge in [0.25, 0.3) is 5.91 Å². The molecule has 0 atom stereocenters. The lowest BCUT2D eigenvalue weighted by Gasteiger charge is -2.17. The highest BCUT2D eigenvalue weighted by Gasteiger charge is 2.24. The van der Waals surface area contributed by atoms with Crippen molar-refractivity contribution in [3.63, 3.8) is 0 Å². The average molecular weight is 505 g/mol. The lowest BCUT2D eigenvalue weighted by Crippen LogP contribution is -2.36. The number of thiazole rings is 1. The maximum absolute atomic E-state index is 14.0. The van der Waals surface area contributed by atoms with Gasteiger partial charge in [-0.15, -0.1) is 11.3 Å². The van der Waals surface area contributed by atoms with E-state index in [1.165, 1.54) is 37.0 Å². The van der Waals surface area contributed by atoms with E-state index in [9.17, 15) is 9.59 Å². The molecular formula is C27H32N6O2S. The number of benzene rings is 1. The van der Waals surface area contributed by atoms with Crippen molar-refractivity contribution in [2.24, 2.45) is 0 Å². The average Bonchev–Trinajstić information content (AvgIpc) is 3.65. The summed E-state index contributed by atoms with van der Waals surface area (Å²) in [4.78, 5) is 37.5. The Balaban J connectivity index is 1.41. The quantitative estimate of drug-likeness (QED) is 0.383. The Morgan fingerprint density at radius 3 is 2.39 bits per heavy atom.